The summed E-state index contributed by atoms with van der Waals surface area (Å²) in [4.78, 5) is 21.9. The molecule has 1 aromatic carbocycles. The number of nitrogens with zero attached hydrogens (tertiary/aromatic N) is 1. The van der Waals surface area contributed by atoms with Crippen LogP contribution < -0.4 is 10.6 Å². The summed E-state index contributed by atoms with van der Waals surface area (Å²) in [5, 5.41) is 16.0. The molecule has 0 aromatic heterocycles. The van der Waals surface area contributed by atoms with E-state index in [2.05, 4.69) is 10.6 Å². The van der Waals surface area contributed by atoms with Crippen LogP contribution in [0.25, 0.3) is 0 Å². The highest BCUT2D eigenvalue weighted by molar-refractivity contribution is 5.95. The fourth-order valence-electron chi connectivity index (χ4n) is 2.00. The van der Waals surface area contributed by atoms with Crippen molar-refractivity contribution in [1.82, 2.24) is 5.32 Å². The molecule has 1 saturated heterocycles. The Kier molecular flexibility index (Phi) is 3.48. The molecule has 7 heteroatoms. The van der Waals surface area contributed by atoms with E-state index in [0.717, 1.165) is 18.7 Å². The third-order valence-corrected chi connectivity index (χ3v) is 3.33. The van der Waals surface area contributed by atoms with Crippen molar-refractivity contribution in [3.8, 4) is 0 Å². The molecule has 1 amide bonds. The van der Waals surface area contributed by atoms with Gasteiger partial charge in [-0.15, -0.1) is 0 Å². The molecular weight excluding hydrogens is 253 g/mol. The van der Waals surface area contributed by atoms with Gasteiger partial charge in [-0.1, -0.05) is 0 Å². The standard InChI is InChI=1S/C12H14FN3O3/c1-12(4-5-14-7-12)11(17)15-10-3-2-8(16(18)19)6-9(10)13/h2-3,6,14H,4-5,7H2,1H3,(H,15,17). The number of non-ortho nitro benzene ring substituents is 1. The number of carbonyl (C=O) groups excluding carboxylic acids is 1. The van der Waals surface area contributed by atoms with Gasteiger partial charge >= 0.3 is 0 Å². The average Bonchev–Trinajstić information content (AvgIpc) is 2.80. The minimum Gasteiger partial charge on any atom is -0.323 e. The topological polar surface area (TPSA) is 84.3 Å². The Labute approximate surface area is 109 Å². The molecule has 0 radical (unpaired) electrons. The van der Waals surface area contributed by atoms with Crippen molar-refractivity contribution in [3.63, 3.8) is 0 Å². The summed E-state index contributed by atoms with van der Waals surface area (Å²) in [7, 11) is 0. The number of anilines is 1. The van der Waals surface area contributed by atoms with Gasteiger partial charge in [0.15, 0.2) is 5.82 Å². The van der Waals surface area contributed by atoms with Gasteiger partial charge in [0.2, 0.25) is 5.91 Å². The quantitative estimate of drug-likeness (QED) is 0.644. The summed E-state index contributed by atoms with van der Waals surface area (Å²) < 4.78 is 13.6. The number of halogens is 1. The van der Waals surface area contributed by atoms with Gasteiger partial charge in [0.05, 0.1) is 22.1 Å². The summed E-state index contributed by atoms with van der Waals surface area (Å²) in [6.45, 7) is 3.08. The van der Waals surface area contributed by atoms with Gasteiger partial charge in [-0.2, -0.15) is 0 Å². The van der Waals surface area contributed by atoms with Crippen LogP contribution in [0.4, 0.5) is 15.8 Å². The van der Waals surface area contributed by atoms with Gasteiger partial charge in [0.1, 0.15) is 0 Å². The molecule has 0 spiro atoms. The summed E-state index contributed by atoms with van der Waals surface area (Å²) >= 11 is 0. The Balaban J connectivity index is 2.15. The maximum Gasteiger partial charge on any atom is 0.272 e. The lowest BCUT2D eigenvalue weighted by Crippen LogP contribution is -2.35. The molecular formula is C12H14FN3O3. The third kappa shape index (κ3) is 2.70. The smallest absolute Gasteiger partial charge is 0.272 e. The number of benzene rings is 1. The second-order valence-corrected chi connectivity index (χ2v) is 4.86. The van der Waals surface area contributed by atoms with Crippen LogP contribution in [-0.4, -0.2) is 23.9 Å². The Hall–Kier alpha value is -2.02. The summed E-state index contributed by atoms with van der Waals surface area (Å²) in [5.74, 6) is -1.10. The van der Waals surface area contributed by atoms with Gasteiger partial charge in [-0.05, 0) is 26.0 Å². The first kappa shape index (κ1) is 13.4. The summed E-state index contributed by atoms with van der Waals surface area (Å²) in [6, 6.07) is 3.16. The van der Waals surface area contributed by atoms with E-state index in [0.29, 0.717) is 13.0 Å². The normalized spacial score (nSPS) is 22.2. The van der Waals surface area contributed by atoms with Crippen LogP contribution in [-0.2, 0) is 4.79 Å². The first-order valence-electron chi connectivity index (χ1n) is 5.88. The lowest BCUT2D eigenvalue weighted by atomic mass is 9.89. The van der Waals surface area contributed by atoms with Gasteiger partial charge < -0.3 is 10.6 Å². The van der Waals surface area contributed by atoms with Crippen molar-refractivity contribution in [1.29, 1.82) is 0 Å². The van der Waals surface area contributed by atoms with Gasteiger partial charge in [-0.3, -0.25) is 14.9 Å². The SMILES string of the molecule is CC1(C(=O)Nc2ccc([N+](=O)[O-])cc2F)CCNC1. The van der Waals surface area contributed by atoms with Crippen molar-refractivity contribution in [3.05, 3.63) is 34.1 Å². The lowest BCUT2D eigenvalue weighted by molar-refractivity contribution is -0.385. The van der Waals surface area contributed by atoms with Crippen molar-refractivity contribution < 1.29 is 14.1 Å². The molecule has 0 saturated carbocycles. The van der Waals surface area contributed by atoms with Crippen LogP contribution in [0.2, 0.25) is 0 Å². The molecule has 6 nitrogen and oxygen atoms in total. The van der Waals surface area contributed by atoms with Gasteiger partial charge in [-0.25, -0.2) is 4.39 Å². The van der Waals surface area contributed by atoms with Crippen molar-refractivity contribution >= 4 is 17.3 Å². The van der Waals surface area contributed by atoms with E-state index in [9.17, 15) is 19.3 Å². The largest absolute Gasteiger partial charge is 0.323 e. The van der Waals surface area contributed by atoms with E-state index in [4.69, 9.17) is 0 Å². The molecule has 1 aliphatic heterocycles. The molecule has 102 valence electrons. The molecule has 0 bridgehead atoms. The van der Waals surface area contributed by atoms with Crippen molar-refractivity contribution in [2.24, 2.45) is 5.41 Å². The van der Waals surface area contributed by atoms with Gasteiger partial charge in [0.25, 0.3) is 5.69 Å². The minimum absolute atomic E-state index is 0.0382. The Morgan fingerprint density at radius 3 is 2.84 bits per heavy atom. The fraction of sp³-hybridized carbons (Fsp3) is 0.417. The van der Waals surface area contributed by atoms with E-state index in [1.807, 2.05) is 0 Å². The number of nitrogens with one attached hydrogen (secondary N) is 2. The van der Waals surface area contributed by atoms with Crippen LogP contribution in [0.3, 0.4) is 0 Å². The number of amides is 1. The number of rotatable bonds is 3. The zero-order valence-electron chi connectivity index (χ0n) is 10.4. The van der Waals surface area contributed by atoms with Crippen molar-refractivity contribution in [2.75, 3.05) is 18.4 Å². The zero-order valence-corrected chi connectivity index (χ0v) is 10.4. The number of hydrogen-bond acceptors (Lipinski definition) is 4. The summed E-state index contributed by atoms with van der Waals surface area (Å²) in [5.41, 5.74) is -0.957. The Morgan fingerprint density at radius 2 is 2.32 bits per heavy atom. The Bertz CT molecular complexity index is 527. The molecule has 1 atom stereocenters. The molecule has 1 heterocycles. The maximum absolute atomic E-state index is 13.6. The maximum atomic E-state index is 13.6. The summed E-state index contributed by atoms with van der Waals surface area (Å²) in [6.07, 6.45) is 0.674. The average molecular weight is 267 g/mol. The first-order chi connectivity index (χ1) is 8.92. The number of nitro groups is 1. The Morgan fingerprint density at radius 1 is 1.58 bits per heavy atom. The molecule has 1 aromatic rings. The number of hydrogen-bond donors (Lipinski definition) is 2. The molecule has 1 fully saturated rings. The van der Waals surface area contributed by atoms with E-state index in [1.54, 1.807) is 6.92 Å². The molecule has 1 aliphatic rings. The van der Waals surface area contributed by atoms with Crippen LogP contribution in [0, 0.1) is 21.3 Å². The van der Waals surface area contributed by atoms with Crippen LogP contribution >= 0.6 is 0 Å². The highest BCUT2D eigenvalue weighted by Gasteiger charge is 2.36. The van der Waals surface area contributed by atoms with E-state index in [-0.39, 0.29) is 17.3 Å². The predicted octanol–water partition coefficient (Wildman–Crippen LogP) is 1.67. The van der Waals surface area contributed by atoms with Crippen LogP contribution in [0.1, 0.15) is 13.3 Å². The van der Waals surface area contributed by atoms with Crippen LogP contribution in [0.15, 0.2) is 18.2 Å². The molecule has 1 unspecified atom stereocenters. The van der Waals surface area contributed by atoms with E-state index >= 15 is 0 Å². The predicted molar refractivity (Wildman–Crippen MR) is 67.3 cm³/mol. The first-order valence-corrected chi connectivity index (χ1v) is 5.88. The number of nitro benzene ring substituents is 1. The highest BCUT2D eigenvalue weighted by atomic mass is 19.1. The monoisotopic (exact) mass is 267 g/mol. The highest BCUT2D eigenvalue weighted by Crippen LogP contribution is 2.28. The zero-order chi connectivity index (χ0) is 14.0. The second kappa shape index (κ2) is 4.93. The lowest BCUT2D eigenvalue weighted by Gasteiger charge is -2.21. The molecule has 0 aliphatic carbocycles. The third-order valence-electron chi connectivity index (χ3n) is 3.33. The van der Waals surface area contributed by atoms with E-state index in [1.165, 1.54) is 6.07 Å². The van der Waals surface area contributed by atoms with Gasteiger partial charge in [0, 0.05) is 12.6 Å². The minimum atomic E-state index is -0.808. The molecule has 2 N–H and O–H groups in total. The second-order valence-electron chi connectivity index (χ2n) is 4.86. The van der Waals surface area contributed by atoms with E-state index < -0.39 is 16.2 Å². The van der Waals surface area contributed by atoms with Crippen molar-refractivity contribution in [2.45, 2.75) is 13.3 Å². The number of carbonyl (C=O) groups is 1. The fourth-order valence-corrected chi connectivity index (χ4v) is 2.00. The van der Waals surface area contributed by atoms with Crippen LogP contribution in [0.5, 0.6) is 0 Å². The molecule has 19 heavy (non-hydrogen) atoms. The molecule has 2 rings (SSSR count).